The predicted octanol–water partition coefficient (Wildman–Crippen LogP) is 13.4. The van der Waals surface area contributed by atoms with Gasteiger partial charge in [-0.25, -0.2) is 0 Å². The Morgan fingerprint density at radius 2 is 0.933 bits per heavy atom. The molecule has 3 heteroatoms. The van der Waals surface area contributed by atoms with Crippen LogP contribution in [-0.2, 0) is 10.8 Å². The molecule has 2 unspecified atom stereocenters. The van der Waals surface area contributed by atoms with E-state index in [1.54, 1.807) is 0 Å². The van der Waals surface area contributed by atoms with Crippen molar-refractivity contribution in [3.8, 4) is 22.3 Å². The summed E-state index contributed by atoms with van der Waals surface area (Å²) in [6.07, 6.45) is 4.92. The Morgan fingerprint density at radius 1 is 0.556 bits per heavy atom. The molecule has 0 spiro atoms. The molecule has 0 bridgehead atoms. The Balaban J connectivity index is 1.40. The summed E-state index contributed by atoms with van der Waals surface area (Å²) < 4.78 is 0. The topological polar surface area (TPSA) is 0 Å². The van der Waals surface area contributed by atoms with Gasteiger partial charge in [0.05, 0.1) is 8.07 Å². The van der Waals surface area contributed by atoms with Crippen LogP contribution in [0.25, 0.3) is 34.4 Å². The summed E-state index contributed by atoms with van der Waals surface area (Å²) in [5, 5.41) is 1.69. The summed E-state index contributed by atoms with van der Waals surface area (Å²) in [6.45, 7) is 23.2. The monoisotopic (exact) mass is 648 g/mol. The first-order valence-corrected chi connectivity index (χ1v) is 20.1. The van der Waals surface area contributed by atoms with Gasteiger partial charge in [0.25, 0.3) is 0 Å². The molecule has 0 heterocycles. The minimum Gasteiger partial charge on any atom is -0.0840 e. The van der Waals surface area contributed by atoms with Crippen molar-refractivity contribution in [2.45, 2.75) is 90.4 Å². The van der Waals surface area contributed by atoms with Crippen molar-refractivity contribution in [3.63, 3.8) is 0 Å². The van der Waals surface area contributed by atoms with Crippen molar-refractivity contribution in [2.24, 2.45) is 0 Å². The van der Waals surface area contributed by atoms with Crippen LogP contribution in [0.4, 0.5) is 0 Å². The lowest BCUT2D eigenvalue weighted by atomic mass is 9.85. The van der Waals surface area contributed by atoms with Crippen molar-refractivity contribution >= 4 is 43.4 Å². The molecule has 2 aliphatic carbocycles. The van der Waals surface area contributed by atoms with E-state index >= 15 is 0 Å². The molecule has 0 aliphatic heterocycles. The standard InChI is InChI=1S/C42H46Cl2Si/c1-25-21-33-29(27-17-19-35(37(43)23-27)41(3,4)5)13-11-15-31(33)39(25)45(9,10)40-26(2)22-34-30(14-12-16-32(34)40)28-18-20-36(38(44)24-28)42(6,7)8/h11-24,39-40H,1-10H3. The molecule has 0 aromatic heterocycles. The highest BCUT2D eigenvalue weighted by molar-refractivity contribution is 6.81. The predicted molar refractivity (Wildman–Crippen MR) is 201 cm³/mol. The molecule has 0 nitrogen and oxygen atoms in total. The van der Waals surface area contributed by atoms with Gasteiger partial charge < -0.3 is 0 Å². The second kappa shape index (κ2) is 11.1. The van der Waals surface area contributed by atoms with Crippen molar-refractivity contribution in [1.82, 2.24) is 0 Å². The Hall–Kier alpha value is -2.84. The number of fused-ring (bicyclic) bond motifs is 2. The zero-order chi connectivity index (χ0) is 32.6. The molecule has 0 saturated heterocycles. The lowest BCUT2D eigenvalue weighted by Gasteiger charge is -2.39. The van der Waals surface area contributed by atoms with Crippen molar-refractivity contribution in [3.05, 3.63) is 127 Å². The highest BCUT2D eigenvalue weighted by Gasteiger charge is 2.47. The van der Waals surface area contributed by atoms with Gasteiger partial charge in [0.2, 0.25) is 0 Å². The molecule has 0 radical (unpaired) electrons. The van der Waals surface area contributed by atoms with E-state index in [-0.39, 0.29) is 10.8 Å². The van der Waals surface area contributed by atoms with Gasteiger partial charge >= 0.3 is 0 Å². The Bertz CT molecular complexity index is 1750. The normalized spacial score (nSPS) is 18.0. The first kappa shape index (κ1) is 32.1. The van der Waals surface area contributed by atoms with Gasteiger partial charge in [-0.05, 0) is 92.4 Å². The zero-order valence-electron chi connectivity index (χ0n) is 28.5. The maximum atomic E-state index is 6.87. The highest BCUT2D eigenvalue weighted by atomic mass is 35.5. The number of benzene rings is 4. The minimum atomic E-state index is -1.99. The molecule has 0 N–H and O–H groups in total. The minimum absolute atomic E-state index is 0.0103. The smallest absolute Gasteiger partial charge is 0.0722 e. The van der Waals surface area contributed by atoms with Gasteiger partial charge in [0, 0.05) is 21.1 Å². The Labute approximate surface area is 282 Å². The van der Waals surface area contributed by atoms with E-state index in [0.717, 1.165) is 10.0 Å². The summed E-state index contributed by atoms with van der Waals surface area (Å²) in [5.41, 5.74) is 16.8. The van der Waals surface area contributed by atoms with E-state index in [0.29, 0.717) is 11.1 Å². The maximum absolute atomic E-state index is 6.87. The van der Waals surface area contributed by atoms with E-state index in [1.165, 1.54) is 66.8 Å². The molecule has 0 saturated carbocycles. The molecule has 0 amide bonds. The third-order valence-electron chi connectivity index (χ3n) is 10.2. The van der Waals surface area contributed by atoms with Crippen LogP contribution in [0, 0.1) is 0 Å². The quantitative estimate of drug-likeness (QED) is 0.193. The van der Waals surface area contributed by atoms with E-state index < -0.39 is 8.07 Å². The molecule has 4 aromatic rings. The highest BCUT2D eigenvalue weighted by Crippen LogP contribution is 2.54. The fourth-order valence-electron chi connectivity index (χ4n) is 8.33. The van der Waals surface area contributed by atoms with Crippen LogP contribution in [0.15, 0.2) is 83.9 Å². The van der Waals surface area contributed by atoms with Gasteiger partial charge in [-0.2, -0.15) is 0 Å². The van der Waals surface area contributed by atoms with Crippen molar-refractivity contribution < 1.29 is 0 Å². The molecular weight excluding hydrogens is 603 g/mol. The molecule has 6 rings (SSSR count). The third kappa shape index (κ3) is 5.50. The average molecular weight is 650 g/mol. The maximum Gasteiger partial charge on any atom is 0.0722 e. The largest absolute Gasteiger partial charge is 0.0840 e. The number of rotatable bonds is 4. The van der Waals surface area contributed by atoms with E-state index in [4.69, 9.17) is 23.2 Å². The molecule has 4 aromatic carbocycles. The number of hydrogen-bond acceptors (Lipinski definition) is 0. The zero-order valence-corrected chi connectivity index (χ0v) is 31.0. The fourth-order valence-corrected chi connectivity index (χ4v) is 14.2. The van der Waals surface area contributed by atoms with Gasteiger partial charge in [0.1, 0.15) is 0 Å². The van der Waals surface area contributed by atoms with Crippen molar-refractivity contribution in [1.29, 1.82) is 0 Å². The third-order valence-corrected chi connectivity index (χ3v) is 15.4. The number of allylic oxidation sites excluding steroid dienone is 2. The molecule has 0 fully saturated rings. The average Bonchev–Trinajstić information content (AvgIpc) is 3.47. The van der Waals surface area contributed by atoms with Gasteiger partial charge in [-0.3, -0.25) is 0 Å². The summed E-state index contributed by atoms with van der Waals surface area (Å²) in [7, 11) is -1.99. The van der Waals surface area contributed by atoms with Gasteiger partial charge in [-0.1, -0.05) is 162 Å². The SMILES string of the molecule is CC1=Cc2c(-c3ccc(C(C)(C)C)c(Cl)c3)cccc2C1[Si](C)(C)C1C(C)=Cc2c(-c3ccc(C(C)(C)C)c(Cl)c3)cccc21. The second-order valence-corrected chi connectivity index (χ2v) is 21.6. The summed E-state index contributed by atoms with van der Waals surface area (Å²) >= 11 is 13.7. The Morgan fingerprint density at radius 3 is 1.27 bits per heavy atom. The van der Waals surface area contributed by atoms with Gasteiger partial charge in [-0.15, -0.1) is 0 Å². The lowest BCUT2D eigenvalue weighted by molar-refractivity contribution is 0.590. The fraction of sp³-hybridized carbons (Fsp3) is 0.333. The summed E-state index contributed by atoms with van der Waals surface area (Å²) in [5.74, 6) is 0. The Kier molecular flexibility index (Phi) is 7.96. The molecular formula is C42H46Cl2Si. The van der Waals surface area contributed by atoms with Crippen LogP contribution in [-0.4, -0.2) is 8.07 Å². The number of halogens is 2. The summed E-state index contributed by atoms with van der Waals surface area (Å²) in [4.78, 5) is 0. The number of hydrogen-bond donors (Lipinski definition) is 0. The van der Waals surface area contributed by atoms with Crippen LogP contribution in [0.2, 0.25) is 23.1 Å². The lowest BCUT2D eigenvalue weighted by Crippen LogP contribution is -2.42. The van der Waals surface area contributed by atoms with Crippen LogP contribution >= 0.6 is 23.2 Å². The molecule has 2 atom stereocenters. The van der Waals surface area contributed by atoms with E-state index in [2.05, 4.69) is 153 Å². The van der Waals surface area contributed by atoms with Gasteiger partial charge in [0.15, 0.2) is 0 Å². The molecule has 232 valence electrons. The van der Waals surface area contributed by atoms with Crippen LogP contribution in [0.5, 0.6) is 0 Å². The molecule has 2 aliphatic rings. The van der Waals surface area contributed by atoms with Crippen LogP contribution in [0.1, 0.15) is 99.9 Å². The molecule has 45 heavy (non-hydrogen) atoms. The van der Waals surface area contributed by atoms with Crippen LogP contribution in [0.3, 0.4) is 0 Å². The first-order chi connectivity index (χ1) is 21.0. The van der Waals surface area contributed by atoms with E-state index in [9.17, 15) is 0 Å². The van der Waals surface area contributed by atoms with Crippen molar-refractivity contribution in [2.75, 3.05) is 0 Å². The van der Waals surface area contributed by atoms with E-state index in [1.807, 2.05) is 0 Å². The second-order valence-electron chi connectivity index (χ2n) is 16.0. The first-order valence-electron chi connectivity index (χ1n) is 16.2. The van der Waals surface area contributed by atoms with Crippen LogP contribution < -0.4 is 0 Å². The summed E-state index contributed by atoms with van der Waals surface area (Å²) in [6, 6.07) is 27.0.